The average Bonchev–Trinajstić information content (AvgIpc) is 2.91. The van der Waals surface area contributed by atoms with Crippen molar-refractivity contribution in [3.05, 3.63) is 87.7 Å². The molecule has 144 valence electrons. The van der Waals surface area contributed by atoms with E-state index >= 15 is 0 Å². The fraction of sp³-hybridized carbons (Fsp3) is 0.250. The number of rotatable bonds is 5. The first kappa shape index (κ1) is 19.6. The van der Waals surface area contributed by atoms with Crippen molar-refractivity contribution in [1.82, 2.24) is 9.78 Å². The van der Waals surface area contributed by atoms with E-state index in [0.29, 0.717) is 0 Å². The Balaban J connectivity index is 1.73. The van der Waals surface area contributed by atoms with Gasteiger partial charge < -0.3 is 5.32 Å². The number of amides is 1. The smallest absolute Gasteiger partial charge is 0.248 e. The lowest BCUT2D eigenvalue weighted by molar-refractivity contribution is -0.111. The molecule has 1 aromatic heterocycles. The second-order valence-corrected chi connectivity index (χ2v) is 7.37. The first-order chi connectivity index (χ1) is 13.3. The molecule has 3 aromatic rings. The molecule has 4 heteroatoms. The lowest BCUT2D eigenvalue weighted by atomic mass is 10.1. The van der Waals surface area contributed by atoms with Gasteiger partial charge >= 0.3 is 0 Å². The van der Waals surface area contributed by atoms with Gasteiger partial charge in [0.25, 0.3) is 0 Å². The Morgan fingerprint density at radius 2 is 1.68 bits per heavy atom. The number of nitrogens with zero attached hydrogens (tertiary/aromatic N) is 2. The normalized spacial score (nSPS) is 11.2. The first-order valence-electron chi connectivity index (χ1n) is 9.49. The minimum atomic E-state index is -0.142. The van der Waals surface area contributed by atoms with Crippen LogP contribution >= 0.6 is 0 Å². The van der Waals surface area contributed by atoms with Crippen LogP contribution in [0.4, 0.5) is 5.69 Å². The molecule has 0 unspecified atom stereocenters. The highest BCUT2D eigenvalue weighted by Gasteiger charge is 2.10. The van der Waals surface area contributed by atoms with Crippen LogP contribution in [0.15, 0.2) is 48.5 Å². The Hall–Kier alpha value is -3.14. The van der Waals surface area contributed by atoms with E-state index in [1.165, 1.54) is 16.7 Å². The summed E-state index contributed by atoms with van der Waals surface area (Å²) in [6.07, 6.45) is 3.43. The predicted molar refractivity (Wildman–Crippen MR) is 116 cm³/mol. The van der Waals surface area contributed by atoms with Crippen molar-refractivity contribution >= 4 is 17.7 Å². The molecular weight excluding hydrogens is 346 g/mol. The topological polar surface area (TPSA) is 46.9 Å². The second-order valence-electron chi connectivity index (χ2n) is 7.37. The standard InChI is InChI=1S/C24H27N3O/c1-16-6-9-21(10-7-16)15-27-20(5)22(19(4)26-27)11-13-24(28)25-23-12-8-17(2)14-18(23)3/h6-14H,15H2,1-5H3,(H,25,28)/b13-11+. The summed E-state index contributed by atoms with van der Waals surface area (Å²) in [5.41, 5.74) is 8.48. The maximum Gasteiger partial charge on any atom is 0.248 e. The molecular formula is C24H27N3O. The lowest BCUT2D eigenvalue weighted by Gasteiger charge is -2.07. The molecule has 0 atom stereocenters. The molecule has 0 saturated carbocycles. The SMILES string of the molecule is Cc1ccc(Cn2nc(C)c(/C=C/C(=O)Nc3ccc(C)cc3C)c2C)cc1. The molecule has 0 bridgehead atoms. The largest absolute Gasteiger partial charge is 0.322 e. The van der Waals surface area contributed by atoms with E-state index in [0.717, 1.165) is 34.7 Å². The fourth-order valence-electron chi connectivity index (χ4n) is 3.26. The summed E-state index contributed by atoms with van der Waals surface area (Å²) in [6, 6.07) is 14.5. The minimum absolute atomic E-state index is 0.142. The Kier molecular flexibility index (Phi) is 5.78. The molecule has 0 spiro atoms. The maximum absolute atomic E-state index is 12.4. The highest BCUT2D eigenvalue weighted by molar-refractivity contribution is 6.02. The van der Waals surface area contributed by atoms with Crippen LogP contribution < -0.4 is 5.32 Å². The predicted octanol–water partition coefficient (Wildman–Crippen LogP) is 5.13. The molecule has 2 aromatic carbocycles. The van der Waals surface area contributed by atoms with Crippen molar-refractivity contribution in [3.8, 4) is 0 Å². The zero-order chi connectivity index (χ0) is 20.3. The van der Waals surface area contributed by atoms with E-state index in [2.05, 4.69) is 47.7 Å². The monoisotopic (exact) mass is 373 g/mol. The molecule has 28 heavy (non-hydrogen) atoms. The summed E-state index contributed by atoms with van der Waals surface area (Å²) in [6.45, 7) is 10.8. The maximum atomic E-state index is 12.4. The number of nitrogens with one attached hydrogen (secondary N) is 1. The number of carbonyl (C=O) groups is 1. The molecule has 0 saturated heterocycles. The van der Waals surface area contributed by atoms with Crippen molar-refractivity contribution in [2.75, 3.05) is 5.32 Å². The van der Waals surface area contributed by atoms with Gasteiger partial charge in [-0.1, -0.05) is 47.5 Å². The molecule has 0 fully saturated rings. The number of hydrogen-bond acceptors (Lipinski definition) is 2. The third-order valence-electron chi connectivity index (χ3n) is 4.93. The molecule has 1 amide bonds. The van der Waals surface area contributed by atoms with Crippen molar-refractivity contribution in [1.29, 1.82) is 0 Å². The van der Waals surface area contributed by atoms with Crippen LogP contribution in [0.1, 0.15) is 39.2 Å². The molecule has 1 heterocycles. The third kappa shape index (κ3) is 4.58. The Bertz CT molecular complexity index is 1030. The van der Waals surface area contributed by atoms with E-state index in [4.69, 9.17) is 0 Å². The summed E-state index contributed by atoms with van der Waals surface area (Å²) >= 11 is 0. The molecule has 3 rings (SSSR count). The summed E-state index contributed by atoms with van der Waals surface area (Å²) in [7, 11) is 0. The van der Waals surface area contributed by atoms with E-state index in [1.54, 1.807) is 6.08 Å². The van der Waals surface area contributed by atoms with E-state index in [9.17, 15) is 4.79 Å². The molecule has 0 aliphatic heterocycles. The molecule has 0 aliphatic carbocycles. The van der Waals surface area contributed by atoms with Crippen molar-refractivity contribution in [2.24, 2.45) is 0 Å². The highest BCUT2D eigenvalue weighted by Crippen LogP contribution is 2.18. The number of benzene rings is 2. The fourth-order valence-corrected chi connectivity index (χ4v) is 3.26. The molecule has 0 aliphatic rings. The van der Waals surface area contributed by atoms with Gasteiger partial charge in [-0.05, 0) is 57.9 Å². The van der Waals surface area contributed by atoms with E-state index < -0.39 is 0 Å². The van der Waals surface area contributed by atoms with Gasteiger partial charge in [-0.3, -0.25) is 9.48 Å². The van der Waals surface area contributed by atoms with Crippen LogP contribution in [0.2, 0.25) is 0 Å². The lowest BCUT2D eigenvalue weighted by Crippen LogP contribution is -2.09. The van der Waals surface area contributed by atoms with Gasteiger partial charge in [0.1, 0.15) is 0 Å². The number of aromatic nitrogens is 2. The highest BCUT2D eigenvalue weighted by atomic mass is 16.1. The zero-order valence-electron chi connectivity index (χ0n) is 17.2. The number of anilines is 1. The third-order valence-corrected chi connectivity index (χ3v) is 4.93. The van der Waals surface area contributed by atoms with Gasteiger partial charge in [0.15, 0.2) is 0 Å². The zero-order valence-corrected chi connectivity index (χ0v) is 17.2. The van der Waals surface area contributed by atoms with Crippen LogP contribution in [0, 0.1) is 34.6 Å². The number of carbonyl (C=O) groups excluding carboxylic acids is 1. The van der Waals surface area contributed by atoms with Crippen LogP contribution in [-0.2, 0) is 11.3 Å². The summed E-state index contributed by atoms with van der Waals surface area (Å²) in [4.78, 5) is 12.4. The minimum Gasteiger partial charge on any atom is -0.322 e. The molecule has 4 nitrogen and oxygen atoms in total. The Morgan fingerprint density at radius 3 is 2.36 bits per heavy atom. The quantitative estimate of drug-likeness (QED) is 0.631. The second kappa shape index (κ2) is 8.26. The summed E-state index contributed by atoms with van der Waals surface area (Å²) < 4.78 is 1.99. The Labute approximate surface area is 166 Å². The molecule has 1 N–H and O–H groups in total. The van der Waals surface area contributed by atoms with E-state index in [1.807, 2.05) is 50.6 Å². The summed E-state index contributed by atoms with van der Waals surface area (Å²) in [5, 5.41) is 7.59. The van der Waals surface area contributed by atoms with Gasteiger partial charge in [-0.15, -0.1) is 0 Å². The van der Waals surface area contributed by atoms with Crippen LogP contribution in [0.5, 0.6) is 0 Å². The van der Waals surface area contributed by atoms with Gasteiger partial charge in [0, 0.05) is 23.0 Å². The van der Waals surface area contributed by atoms with Crippen LogP contribution in [0.3, 0.4) is 0 Å². The van der Waals surface area contributed by atoms with Crippen LogP contribution in [-0.4, -0.2) is 15.7 Å². The van der Waals surface area contributed by atoms with Gasteiger partial charge in [-0.25, -0.2) is 0 Å². The first-order valence-corrected chi connectivity index (χ1v) is 9.49. The average molecular weight is 374 g/mol. The van der Waals surface area contributed by atoms with Crippen molar-refractivity contribution in [2.45, 2.75) is 41.2 Å². The Morgan fingerprint density at radius 1 is 1.00 bits per heavy atom. The van der Waals surface area contributed by atoms with Crippen molar-refractivity contribution < 1.29 is 4.79 Å². The van der Waals surface area contributed by atoms with Gasteiger partial charge in [0.2, 0.25) is 5.91 Å². The van der Waals surface area contributed by atoms with Gasteiger partial charge in [-0.2, -0.15) is 5.10 Å². The van der Waals surface area contributed by atoms with Crippen molar-refractivity contribution in [3.63, 3.8) is 0 Å². The van der Waals surface area contributed by atoms with E-state index in [-0.39, 0.29) is 5.91 Å². The molecule has 0 radical (unpaired) electrons. The van der Waals surface area contributed by atoms with Gasteiger partial charge in [0.05, 0.1) is 12.2 Å². The number of hydrogen-bond donors (Lipinski definition) is 1. The van der Waals surface area contributed by atoms with Crippen LogP contribution in [0.25, 0.3) is 6.08 Å². The number of aryl methyl sites for hydroxylation is 4. The summed E-state index contributed by atoms with van der Waals surface area (Å²) in [5.74, 6) is -0.142.